The van der Waals surface area contributed by atoms with Gasteiger partial charge in [0.15, 0.2) is 5.78 Å². The summed E-state index contributed by atoms with van der Waals surface area (Å²) in [6.45, 7) is 0. The third-order valence-corrected chi connectivity index (χ3v) is 5.10. The Morgan fingerprint density at radius 1 is 0.864 bits per heavy atom. The molecule has 110 valence electrons. The summed E-state index contributed by atoms with van der Waals surface area (Å²) in [5.41, 5.74) is 5.17. The van der Waals surface area contributed by atoms with Crippen LogP contribution in [0.1, 0.15) is 25.7 Å². The van der Waals surface area contributed by atoms with Crippen molar-refractivity contribution in [3.8, 4) is 0 Å². The van der Waals surface area contributed by atoms with Crippen LogP contribution in [-0.2, 0) is 4.79 Å². The third kappa shape index (κ3) is 2.31. The van der Waals surface area contributed by atoms with Crippen molar-refractivity contribution in [2.24, 2.45) is 11.8 Å². The third-order valence-electron chi connectivity index (χ3n) is 5.10. The summed E-state index contributed by atoms with van der Waals surface area (Å²) in [4.78, 5) is 12.9. The molecular weight excluding hydrogens is 268 g/mol. The van der Waals surface area contributed by atoms with Crippen LogP contribution in [0.4, 0.5) is 0 Å². The number of hydrogen-bond donors (Lipinski definition) is 0. The van der Waals surface area contributed by atoms with Crippen molar-refractivity contribution in [1.29, 1.82) is 0 Å². The molecule has 22 heavy (non-hydrogen) atoms. The number of carbonyl (C=O) groups excluding carboxylic acids is 1. The standard InChI is InChI=1S/C21H20O/c22-21(17-11-5-6-12-17)20-14-18(15-7-1-2-8-15)13-19(20)16-9-3-4-10-16/h1-7,9,11,14,19-20H,8,10,12-13H2. The number of hydrogen-bond acceptors (Lipinski definition) is 1. The molecule has 0 aromatic carbocycles. The summed E-state index contributed by atoms with van der Waals surface area (Å²) in [6, 6.07) is 0. The molecule has 0 fully saturated rings. The predicted molar refractivity (Wildman–Crippen MR) is 90.2 cm³/mol. The number of rotatable bonds is 4. The molecule has 4 rings (SSSR count). The number of carbonyl (C=O) groups is 1. The molecule has 4 aliphatic carbocycles. The van der Waals surface area contributed by atoms with E-state index >= 15 is 0 Å². The lowest BCUT2D eigenvalue weighted by atomic mass is 9.82. The molecule has 0 aromatic heterocycles. The molecule has 0 aliphatic heterocycles. The summed E-state index contributed by atoms with van der Waals surface area (Å²) in [7, 11) is 0. The largest absolute Gasteiger partial charge is 0.294 e. The minimum Gasteiger partial charge on any atom is -0.294 e. The maximum atomic E-state index is 12.9. The van der Waals surface area contributed by atoms with Gasteiger partial charge in [-0.15, -0.1) is 0 Å². The smallest absolute Gasteiger partial charge is 0.166 e. The molecule has 0 bridgehead atoms. The van der Waals surface area contributed by atoms with Gasteiger partial charge in [0.2, 0.25) is 0 Å². The van der Waals surface area contributed by atoms with Crippen molar-refractivity contribution in [2.75, 3.05) is 0 Å². The lowest BCUT2D eigenvalue weighted by Crippen LogP contribution is -2.21. The van der Waals surface area contributed by atoms with Gasteiger partial charge in [-0.1, -0.05) is 66.3 Å². The second-order valence-corrected chi connectivity index (χ2v) is 6.41. The molecule has 4 aliphatic rings. The zero-order chi connectivity index (χ0) is 14.9. The van der Waals surface area contributed by atoms with Gasteiger partial charge in [-0.05, 0) is 48.3 Å². The summed E-state index contributed by atoms with van der Waals surface area (Å²) in [6.07, 6.45) is 25.2. The maximum Gasteiger partial charge on any atom is 0.166 e. The molecule has 2 unspecified atom stereocenters. The van der Waals surface area contributed by atoms with E-state index in [0.717, 1.165) is 31.3 Å². The SMILES string of the molecule is O=C(C1=CC=CC1)C1C=C(C2=CC=CC2)CC1C1=CC=CC1. The topological polar surface area (TPSA) is 17.1 Å². The Kier molecular flexibility index (Phi) is 3.42. The molecule has 2 atom stereocenters. The van der Waals surface area contributed by atoms with Crippen LogP contribution < -0.4 is 0 Å². The second kappa shape index (κ2) is 5.57. The summed E-state index contributed by atoms with van der Waals surface area (Å²) >= 11 is 0. The Morgan fingerprint density at radius 2 is 1.64 bits per heavy atom. The first kappa shape index (κ1) is 13.5. The average Bonchev–Trinajstić information content (AvgIpc) is 3.35. The van der Waals surface area contributed by atoms with E-state index in [9.17, 15) is 4.79 Å². The fourth-order valence-electron chi connectivity index (χ4n) is 3.89. The fraction of sp³-hybridized carbons (Fsp3) is 0.286. The lowest BCUT2D eigenvalue weighted by Gasteiger charge is -2.20. The van der Waals surface area contributed by atoms with Crippen LogP contribution in [0.15, 0.2) is 83.1 Å². The molecule has 0 N–H and O–H groups in total. The second-order valence-electron chi connectivity index (χ2n) is 6.41. The Morgan fingerprint density at radius 3 is 2.32 bits per heavy atom. The zero-order valence-corrected chi connectivity index (χ0v) is 12.7. The van der Waals surface area contributed by atoms with E-state index in [2.05, 4.69) is 48.6 Å². The lowest BCUT2D eigenvalue weighted by molar-refractivity contribution is -0.118. The predicted octanol–water partition coefficient (Wildman–Crippen LogP) is 4.78. The van der Waals surface area contributed by atoms with Crippen LogP contribution in [0.5, 0.6) is 0 Å². The molecular formula is C21H20O. The van der Waals surface area contributed by atoms with E-state index in [-0.39, 0.29) is 5.92 Å². The van der Waals surface area contributed by atoms with E-state index in [4.69, 9.17) is 0 Å². The molecule has 1 heteroatoms. The Labute approximate surface area is 131 Å². The van der Waals surface area contributed by atoms with Gasteiger partial charge in [0.1, 0.15) is 0 Å². The van der Waals surface area contributed by atoms with Gasteiger partial charge >= 0.3 is 0 Å². The van der Waals surface area contributed by atoms with Crippen LogP contribution >= 0.6 is 0 Å². The van der Waals surface area contributed by atoms with Crippen molar-refractivity contribution in [3.05, 3.63) is 83.1 Å². The molecule has 0 radical (unpaired) electrons. The first-order valence-corrected chi connectivity index (χ1v) is 8.15. The minimum absolute atomic E-state index is 0.0220. The highest BCUT2D eigenvalue weighted by Gasteiger charge is 2.36. The van der Waals surface area contributed by atoms with Crippen LogP contribution in [0.25, 0.3) is 0 Å². The maximum absolute atomic E-state index is 12.9. The van der Waals surface area contributed by atoms with Crippen molar-refractivity contribution in [2.45, 2.75) is 25.7 Å². The van der Waals surface area contributed by atoms with Gasteiger partial charge in [0.25, 0.3) is 0 Å². The zero-order valence-electron chi connectivity index (χ0n) is 12.7. The minimum atomic E-state index is 0.0220. The molecule has 1 nitrogen and oxygen atoms in total. The first-order valence-electron chi connectivity index (χ1n) is 8.15. The van der Waals surface area contributed by atoms with E-state index in [1.165, 1.54) is 16.7 Å². The molecule has 0 spiro atoms. The van der Waals surface area contributed by atoms with Gasteiger partial charge in [0.05, 0.1) is 0 Å². The molecule has 0 heterocycles. The van der Waals surface area contributed by atoms with Gasteiger partial charge < -0.3 is 0 Å². The van der Waals surface area contributed by atoms with Crippen LogP contribution in [0.3, 0.4) is 0 Å². The fourth-order valence-corrected chi connectivity index (χ4v) is 3.89. The summed E-state index contributed by atoms with van der Waals surface area (Å²) < 4.78 is 0. The first-order chi connectivity index (χ1) is 10.8. The summed E-state index contributed by atoms with van der Waals surface area (Å²) in [5, 5.41) is 0. The van der Waals surface area contributed by atoms with Crippen molar-refractivity contribution in [1.82, 2.24) is 0 Å². The molecule has 0 saturated heterocycles. The number of allylic oxidation sites excluding steroid dienone is 14. The van der Waals surface area contributed by atoms with Crippen molar-refractivity contribution in [3.63, 3.8) is 0 Å². The van der Waals surface area contributed by atoms with Crippen LogP contribution in [-0.4, -0.2) is 5.78 Å². The van der Waals surface area contributed by atoms with Crippen LogP contribution in [0, 0.1) is 11.8 Å². The van der Waals surface area contributed by atoms with Gasteiger partial charge in [-0.3, -0.25) is 4.79 Å². The highest BCUT2D eigenvalue weighted by molar-refractivity contribution is 6.00. The van der Waals surface area contributed by atoms with Crippen LogP contribution in [0.2, 0.25) is 0 Å². The van der Waals surface area contributed by atoms with Crippen molar-refractivity contribution < 1.29 is 4.79 Å². The molecule has 0 aromatic rings. The Hall–Kier alpha value is -2.15. The molecule has 0 amide bonds. The van der Waals surface area contributed by atoms with Gasteiger partial charge in [0, 0.05) is 5.92 Å². The van der Waals surface area contributed by atoms with E-state index in [0.29, 0.717) is 11.7 Å². The molecule has 0 saturated carbocycles. The average molecular weight is 288 g/mol. The quantitative estimate of drug-likeness (QED) is 0.727. The van der Waals surface area contributed by atoms with E-state index in [1.54, 1.807) is 0 Å². The van der Waals surface area contributed by atoms with Crippen molar-refractivity contribution >= 4 is 5.78 Å². The van der Waals surface area contributed by atoms with Gasteiger partial charge in [-0.2, -0.15) is 0 Å². The number of Topliss-reactive ketones (excluding diaryl/α,β-unsaturated/α-hetero) is 1. The summed E-state index contributed by atoms with van der Waals surface area (Å²) in [5.74, 6) is 0.693. The normalized spacial score (nSPS) is 28.9. The highest BCUT2D eigenvalue weighted by Crippen LogP contribution is 2.44. The monoisotopic (exact) mass is 288 g/mol. The number of ketones is 1. The Bertz CT molecular complexity index is 719. The Balaban J connectivity index is 1.62. The van der Waals surface area contributed by atoms with E-state index < -0.39 is 0 Å². The van der Waals surface area contributed by atoms with E-state index in [1.807, 2.05) is 12.2 Å². The van der Waals surface area contributed by atoms with Gasteiger partial charge in [-0.25, -0.2) is 0 Å². The highest BCUT2D eigenvalue weighted by atomic mass is 16.1.